The molecular formula is C12H8ClF3N2O2. The van der Waals surface area contributed by atoms with Gasteiger partial charge in [-0.2, -0.15) is 13.2 Å². The number of alkyl halides is 3. The van der Waals surface area contributed by atoms with Gasteiger partial charge in [-0.1, -0.05) is 11.6 Å². The second kappa shape index (κ2) is 4.82. The highest BCUT2D eigenvalue weighted by atomic mass is 35.5. The zero-order valence-electron chi connectivity index (χ0n) is 10.1. The van der Waals surface area contributed by atoms with Crippen molar-refractivity contribution in [2.75, 3.05) is 0 Å². The zero-order chi connectivity index (χ0) is 15.1. The van der Waals surface area contributed by atoms with E-state index in [0.29, 0.717) is 9.59 Å². The molecule has 4 nitrogen and oxygen atoms in total. The largest absolute Gasteiger partial charge is 0.431 e. The van der Waals surface area contributed by atoms with Gasteiger partial charge >= 0.3 is 11.9 Å². The Morgan fingerprint density at radius 3 is 2.20 bits per heavy atom. The van der Waals surface area contributed by atoms with Crippen LogP contribution in [0.2, 0.25) is 5.02 Å². The number of hydrogen-bond acceptors (Lipinski definition) is 2. The summed E-state index contributed by atoms with van der Waals surface area (Å²) in [6.45, 7) is 1.01. The van der Waals surface area contributed by atoms with Gasteiger partial charge in [0.15, 0.2) is 0 Å². The van der Waals surface area contributed by atoms with Crippen molar-refractivity contribution in [1.82, 2.24) is 9.55 Å². The maximum absolute atomic E-state index is 12.7. The number of nitrogens with zero attached hydrogens (tertiary/aromatic N) is 1. The number of rotatable bonds is 1. The third-order valence-electron chi connectivity index (χ3n) is 2.70. The molecule has 0 saturated carbocycles. The van der Waals surface area contributed by atoms with E-state index >= 15 is 0 Å². The summed E-state index contributed by atoms with van der Waals surface area (Å²) in [7, 11) is 0. The Bertz CT molecular complexity index is 760. The van der Waals surface area contributed by atoms with Gasteiger partial charge in [0.2, 0.25) is 0 Å². The normalized spacial score (nSPS) is 11.7. The first-order chi connectivity index (χ1) is 9.21. The van der Waals surface area contributed by atoms with E-state index in [0.717, 1.165) is 6.92 Å². The molecule has 0 spiro atoms. The van der Waals surface area contributed by atoms with E-state index in [1.807, 2.05) is 0 Å². The fourth-order valence-corrected chi connectivity index (χ4v) is 1.86. The molecule has 0 atom stereocenters. The average Bonchev–Trinajstić information content (AvgIpc) is 2.35. The number of benzene rings is 1. The SMILES string of the molecule is Cc1c(C(F)(F)F)[nH]c(=O)n(-c2ccc(Cl)cc2)c1=O. The van der Waals surface area contributed by atoms with Crippen LogP contribution in [0.4, 0.5) is 13.2 Å². The quantitative estimate of drug-likeness (QED) is 0.880. The zero-order valence-corrected chi connectivity index (χ0v) is 10.8. The molecule has 0 saturated heterocycles. The van der Waals surface area contributed by atoms with Crippen molar-refractivity contribution < 1.29 is 13.2 Å². The maximum atomic E-state index is 12.7. The summed E-state index contributed by atoms with van der Waals surface area (Å²) in [5.41, 5.74) is -3.96. The highest BCUT2D eigenvalue weighted by Gasteiger charge is 2.35. The number of aromatic nitrogens is 2. The van der Waals surface area contributed by atoms with Crippen molar-refractivity contribution in [3.63, 3.8) is 0 Å². The Morgan fingerprint density at radius 1 is 1.15 bits per heavy atom. The Labute approximate surface area is 115 Å². The number of hydrogen-bond donors (Lipinski definition) is 1. The van der Waals surface area contributed by atoms with E-state index in [9.17, 15) is 22.8 Å². The molecule has 0 radical (unpaired) electrons. The third-order valence-corrected chi connectivity index (χ3v) is 2.95. The molecule has 1 N–H and O–H groups in total. The van der Waals surface area contributed by atoms with E-state index in [1.54, 1.807) is 4.98 Å². The smallest absolute Gasteiger partial charge is 0.302 e. The first kappa shape index (κ1) is 14.4. The fraction of sp³-hybridized carbons (Fsp3) is 0.167. The molecule has 0 aliphatic rings. The van der Waals surface area contributed by atoms with Crippen LogP contribution < -0.4 is 11.2 Å². The van der Waals surface area contributed by atoms with Gasteiger partial charge < -0.3 is 4.98 Å². The highest BCUT2D eigenvalue weighted by molar-refractivity contribution is 6.30. The lowest BCUT2D eigenvalue weighted by Crippen LogP contribution is -2.38. The van der Waals surface area contributed by atoms with Crippen molar-refractivity contribution in [2.45, 2.75) is 13.1 Å². The van der Waals surface area contributed by atoms with E-state index in [4.69, 9.17) is 11.6 Å². The van der Waals surface area contributed by atoms with E-state index in [1.165, 1.54) is 24.3 Å². The van der Waals surface area contributed by atoms with Crippen molar-refractivity contribution in [2.24, 2.45) is 0 Å². The van der Waals surface area contributed by atoms with Crippen LogP contribution in [0.3, 0.4) is 0 Å². The Balaban J connectivity index is 2.75. The predicted molar refractivity (Wildman–Crippen MR) is 67.4 cm³/mol. The fourth-order valence-electron chi connectivity index (χ4n) is 1.73. The summed E-state index contributed by atoms with van der Waals surface area (Å²) in [5.74, 6) is 0. The summed E-state index contributed by atoms with van der Waals surface area (Å²) in [6.07, 6.45) is -4.79. The molecular weight excluding hydrogens is 297 g/mol. The second-order valence-electron chi connectivity index (χ2n) is 4.04. The minimum atomic E-state index is -4.79. The van der Waals surface area contributed by atoms with E-state index in [-0.39, 0.29) is 5.69 Å². The lowest BCUT2D eigenvalue weighted by atomic mass is 10.2. The summed E-state index contributed by atoms with van der Waals surface area (Å²) in [5, 5.41) is 0.377. The lowest BCUT2D eigenvalue weighted by Gasteiger charge is -2.12. The van der Waals surface area contributed by atoms with Crippen molar-refractivity contribution in [3.05, 3.63) is 61.4 Å². The van der Waals surface area contributed by atoms with Gasteiger partial charge in [0.1, 0.15) is 5.69 Å². The van der Waals surface area contributed by atoms with Crippen LogP contribution in [0.15, 0.2) is 33.9 Å². The summed E-state index contributed by atoms with van der Waals surface area (Å²) in [6, 6.07) is 5.59. The number of H-pyrrole nitrogens is 1. The lowest BCUT2D eigenvalue weighted by molar-refractivity contribution is -0.142. The molecule has 0 bridgehead atoms. The Morgan fingerprint density at radius 2 is 1.70 bits per heavy atom. The minimum Gasteiger partial charge on any atom is -0.302 e. The summed E-state index contributed by atoms with van der Waals surface area (Å²) in [4.78, 5) is 25.4. The molecule has 0 aliphatic carbocycles. The molecule has 2 aromatic rings. The highest BCUT2D eigenvalue weighted by Crippen LogP contribution is 2.28. The number of nitrogens with one attached hydrogen (secondary N) is 1. The van der Waals surface area contributed by atoms with Gasteiger partial charge in [0.25, 0.3) is 5.56 Å². The van der Waals surface area contributed by atoms with E-state index < -0.39 is 28.7 Å². The van der Waals surface area contributed by atoms with Crippen LogP contribution in [0.1, 0.15) is 11.3 Å². The van der Waals surface area contributed by atoms with Crippen LogP contribution in [-0.4, -0.2) is 9.55 Å². The van der Waals surface area contributed by atoms with Crippen molar-refractivity contribution in [3.8, 4) is 5.69 Å². The van der Waals surface area contributed by atoms with Gasteiger partial charge in [-0.25, -0.2) is 9.36 Å². The monoisotopic (exact) mass is 304 g/mol. The van der Waals surface area contributed by atoms with Gasteiger partial charge in [0.05, 0.1) is 5.69 Å². The molecule has 1 aromatic heterocycles. The molecule has 2 rings (SSSR count). The molecule has 106 valence electrons. The maximum Gasteiger partial charge on any atom is 0.431 e. The van der Waals surface area contributed by atoms with Crippen LogP contribution in [-0.2, 0) is 6.18 Å². The molecule has 0 amide bonds. The van der Waals surface area contributed by atoms with Crippen LogP contribution in [0, 0.1) is 6.92 Å². The predicted octanol–water partition coefficient (Wildman–Crippen LogP) is 2.51. The van der Waals surface area contributed by atoms with Crippen molar-refractivity contribution in [1.29, 1.82) is 0 Å². The van der Waals surface area contributed by atoms with Crippen LogP contribution in [0.25, 0.3) is 5.69 Å². The molecule has 8 heteroatoms. The van der Waals surface area contributed by atoms with Crippen LogP contribution in [0.5, 0.6) is 0 Å². The topological polar surface area (TPSA) is 54.9 Å². The Kier molecular flexibility index (Phi) is 3.47. The first-order valence-electron chi connectivity index (χ1n) is 5.41. The molecule has 0 unspecified atom stereocenters. The molecule has 1 heterocycles. The standard InChI is InChI=1S/C12H8ClF3N2O2/c1-6-9(12(14,15)16)17-11(20)18(10(6)19)8-4-2-7(13)3-5-8/h2-5H,1H3,(H,17,20). The Hall–Kier alpha value is -2.02. The van der Waals surface area contributed by atoms with Crippen LogP contribution >= 0.6 is 11.6 Å². The van der Waals surface area contributed by atoms with Gasteiger partial charge in [-0.3, -0.25) is 4.79 Å². The number of aromatic amines is 1. The summed E-state index contributed by atoms with van der Waals surface area (Å²) < 4.78 is 38.6. The van der Waals surface area contributed by atoms with Gasteiger partial charge in [-0.15, -0.1) is 0 Å². The number of halogens is 4. The molecule has 1 aromatic carbocycles. The first-order valence-corrected chi connectivity index (χ1v) is 5.78. The minimum absolute atomic E-state index is 0.137. The second-order valence-corrected chi connectivity index (χ2v) is 4.48. The average molecular weight is 305 g/mol. The van der Waals surface area contributed by atoms with Gasteiger partial charge in [-0.05, 0) is 31.2 Å². The van der Waals surface area contributed by atoms with Crippen molar-refractivity contribution >= 4 is 11.6 Å². The molecule has 20 heavy (non-hydrogen) atoms. The molecule has 0 fully saturated rings. The third kappa shape index (κ3) is 2.49. The molecule has 0 aliphatic heterocycles. The van der Waals surface area contributed by atoms with Gasteiger partial charge in [0, 0.05) is 10.6 Å². The van der Waals surface area contributed by atoms with E-state index in [2.05, 4.69) is 0 Å². The summed E-state index contributed by atoms with van der Waals surface area (Å²) >= 11 is 5.67.